The van der Waals surface area contributed by atoms with Gasteiger partial charge in [-0.05, 0) is 48.6 Å². The molecule has 2 aromatic rings. The van der Waals surface area contributed by atoms with E-state index < -0.39 is 6.10 Å². The predicted molar refractivity (Wildman–Crippen MR) is 85.9 cm³/mol. The average molecular weight is 306 g/mol. The molecule has 0 spiro atoms. The van der Waals surface area contributed by atoms with Crippen molar-refractivity contribution in [3.05, 3.63) is 60.2 Å². The Morgan fingerprint density at radius 1 is 0.952 bits per heavy atom. The van der Waals surface area contributed by atoms with Gasteiger partial charge in [0.15, 0.2) is 0 Å². The van der Waals surface area contributed by atoms with Gasteiger partial charge in [-0.1, -0.05) is 30.3 Å². The Morgan fingerprint density at radius 3 is 2.10 bits per heavy atom. The van der Waals surface area contributed by atoms with E-state index in [9.17, 15) is 5.11 Å². The molecule has 2 atom stereocenters. The topological polar surface area (TPSA) is 55.5 Å². The van der Waals surface area contributed by atoms with Gasteiger partial charge in [0.1, 0.15) is 11.5 Å². The molecule has 1 saturated carbocycles. The molecule has 1 fully saturated rings. The Hall–Kier alpha value is -1.55. The minimum Gasteiger partial charge on any atom is -0.457 e. The predicted octanol–water partition coefficient (Wildman–Crippen LogP) is 3.67. The van der Waals surface area contributed by atoms with Gasteiger partial charge in [-0.15, -0.1) is 12.4 Å². The zero-order valence-corrected chi connectivity index (χ0v) is 12.5. The van der Waals surface area contributed by atoms with E-state index in [2.05, 4.69) is 0 Å². The molecule has 0 saturated heterocycles. The summed E-state index contributed by atoms with van der Waals surface area (Å²) in [5.74, 6) is 1.96. The maximum absolute atomic E-state index is 10.1. The van der Waals surface area contributed by atoms with Crippen molar-refractivity contribution in [2.24, 2.45) is 11.7 Å². The summed E-state index contributed by atoms with van der Waals surface area (Å²) in [6.07, 6.45) is 1.74. The highest BCUT2D eigenvalue weighted by molar-refractivity contribution is 5.85. The van der Waals surface area contributed by atoms with Gasteiger partial charge in [0, 0.05) is 0 Å². The molecule has 0 amide bonds. The molecule has 21 heavy (non-hydrogen) atoms. The number of halogens is 1. The van der Waals surface area contributed by atoms with Crippen LogP contribution in [0.1, 0.15) is 24.4 Å². The molecule has 1 aliphatic rings. The third-order valence-corrected chi connectivity index (χ3v) is 3.72. The van der Waals surface area contributed by atoms with Crippen LogP contribution >= 0.6 is 12.4 Å². The van der Waals surface area contributed by atoms with Gasteiger partial charge in [-0.25, -0.2) is 0 Å². The number of ether oxygens (including phenoxy) is 1. The number of para-hydroxylation sites is 1. The minimum absolute atomic E-state index is 0. The van der Waals surface area contributed by atoms with Crippen molar-refractivity contribution in [1.82, 2.24) is 0 Å². The summed E-state index contributed by atoms with van der Waals surface area (Å²) in [5.41, 5.74) is 7.04. The van der Waals surface area contributed by atoms with E-state index in [-0.39, 0.29) is 18.4 Å². The van der Waals surface area contributed by atoms with E-state index in [1.165, 1.54) is 0 Å². The first kappa shape index (κ1) is 15.8. The van der Waals surface area contributed by atoms with Crippen molar-refractivity contribution in [2.75, 3.05) is 0 Å². The standard InChI is InChI=1S/C17H19NO2.ClH/c18-16(17(19)13-6-7-13)12-8-10-15(11-9-12)20-14-4-2-1-3-5-14;/h1-5,8-11,13,16-17,19H,6-7,18H2;1H/t16-,17+;/m1./s1. The lowest BCUT2D eigenvalue weighted by Gasteiger charge is -2.19. The Kier molecular flexibility index (Phi) is 5.23. The number of benzene rings is 2. The number of aliphatic hydroxyl groups excluding tert-OH is 1. The summed E-state index contributed by atoms with van der Waals surface area (Å²) in [7, 11) is 0. The molecule has 1 aliphatic carbocycles. The van der Waals surface area contributed by atoms with Gasteiger partial charge in [0.05, 0.1) is 12.1 Å². The molecule has 0 radical (unpaired) electrons. The van der Waals surface area contributed by atoms with Crippen LogP contribution in [-0.2, 0) is 0 Å². The zero-order chi connectivity index (χ0) is 13.9. The van der Waals surface area contributed by atoms with Crippen molar-refractivity contribution in [3.8, 4) is 11.5 Å². The first-order chi connectivity index (χ1) is 9.74. The summed E-state index contributed by atoms with van der Waals surface area (Å²) in [6, 6.07) is 17.0. The van der Waals surface area contributed by atoms with E-state index in [0.29, 0.717) is 5.92 Å². The molecule has 3 nitrogen and oxygen atoms in total. The number of rotatable bonds is 5. The van der Waals surface area contributed by atoms with Crippen LogP contribution in [-0.4, -0.2) is 11.2 Å². The largest absolute Gasteiger partial charge is 0.457 e. The van der Waals surface area contributed by atoms with Gasteiger partial charge in [0.2, 0.25) is 0 Å². The number of hydrogen-bond acceptors (Lipinski definition) is 3. The van der Waals surface area contributed by atoms with Crippen molar-refractivity contribution < 1.29 is 9.84 Å². The van der Waals surface area contributed by atoms with E-state index in [1.54, 1.807) is 0 Å². The monoisotopic (exact) mass is 305 g/mol. The lowest BCUT2D eigenvalue weighted by atomic mass is 9.99. The second-order valence-electron chi connectivity index (χ2n) is 5.34. The number of aliphatic hydroxyl groups is 1. The summed E-state index contributed by atoms with van der Waals surface area (Å²) in [4.78, 5) is 0. The van der Waals surface area contributed by atoms with Crippen LogP contribution < -0.4 is 10.5 Å². The fraction of sp³-hybridized carbons (Fsp3) is 0.294. The second kappa shape index (κ2) is 6.94. The van der Waals surface area contributed by atoms with Gasteiger partial charge in [0.25, 0.3) is 0 Å². The lowest BCUT2D eigenvalue weighted by Crippen LogP contribution is -2.27. The van der Waals surface area contributed by atoms with Crippen LogP contribution in [0.25, 0.3) is 0 Å². The van der Waals surface area contributed by atoms with E-state index in [1.807, 2.05) is 54.6 Å². The number of hydrogen-bond donors (Lipinski definition) is 2. The Bertz CT molecular complexity index is 555. The molecule has 112 valence electrons. The van der Waals surface area contributed by atoms with Crippen LogP contribution in [0.5, 0.6) is 11.5 Å². The smallest absolute Gasteiger partial charge is 0.127 e. The summed E-state index contributed by atoms with van der Waals surface area (Å²) in [6.45, 7) is 0. The van der Waals surface area contributed by atoms with Crippen LogP contribution in [0.3, 0.4) is 0 Å². The molecule has 0 unspecified atom stereocenters. The highest BCUT2D eigenvalue weighted by atomic mass is 35.5. The third-order valence-electron chi connectivity index (χ3n) is 3.72. The molecule has 0 heterocycles. The van der Waals surface area contributed by atoms with Crippen LogP contribution in [0.15, 0.2) is 54.6 Å². The molecule has 4 heteroatoms. The molecule has 0 aliphatic heterocycles. The molecule has 3 rings (SSSR count). The van der Waals surface area contributed by atoms with Crippen molar-refractivity contribution in [3.63, 3.8) is 0 Å². The zero-order valence-electron chi connectivity index (χ0n) is 11.7. The molecule has 0 bridgehead atoms. The van der Waals surface area contributed by atoms with Gasteiger partial charge >= 0.3 is 0 Å². The summed E-state index contributed by atoms with van der Waals surface area (Å²) >= 11 is 0. The summed E-state index contributed by atoms with van der Waals surface area (Å²) in [5, 5.41) is 10.1. The maximum atomic E-state index is 10.1. The minimum atomic E-state index is -0.434. The molecular weight excluding hydrogens is 286 g/mol. The summed E-state index contributed by atoms with van der Waals surface area (Å²) < 4.78 is 5.73. The average Bonchev–Trinajstić information content (AvgIpc) is 3.32. The Balaban J connectivity index is 0.00000161. The first-order valence-corrected chi connectivity index (χ1v) is 7.00. The SMILES string of the molecule is Cl.N[C@H](c1ccc(Oc2ccccc2)cc1)[C@@H](O)C1CC1. The van der Waals surface area contributed by atoms with Crippen molar-refractivity contribution in [1.29, 1.82) is 0 Å². The van der Waals surface area contributed by atoms with Crippen LogP contribution in [0.4, 0.5) is 0 Å². The van der Waals surface area contributed by atoms with Gasteiger partial charge in [-0.2, -0.15) is 0 Å². The fourth-order valence-electron chi connectivity index (χ4n) is 2.31. The normalized spacial score (nSPS) is 16.7. The highest BCUT2D eigenvalue weighted by Crippen LogP contribution is 2.37. The quantitative estimate of drug-likeness (QED) is 0.886. The number of nitrogens with two attached hydrogens (primary N) is 1. The molecular formula is C17H20ClNO2. The Labute approximate surface area is 131 Å². The van der Waals surface area contributed by atoms with Crippen LogP contribution in [0, 0.1) is 5.92 Å². The molecule has 2 aromatic carbocycles. The molecule has 3 N–H and O–H groups in total. The lowest BCUT2D eigenvalue weighted by molar-refractivity contribution is 0.122. The maximum Gasteiger partial charge on any atom is 0.127 e. The van der Waals surface area contributed by atoms with E-state index in [0.717, 1.165) is 29.9 Å². The van der Waals surface area contributed by atoms with Crippen molar-refractivity contribution in [2.45, 2.75) is 25.0 Å². The second-order valence-corrected chi connectivity index (χ2v) is 5.34. The fourth-order valence-corrected chi connectivity index (χ4v) is 2.31. The Morgan fingerprint density at radius 2 is 1.52 bits per heavy atom. The first-order valence-electron chi connectivity index (χ1n) is 7.00. The van der Waals surface area contributed by atoms with E-state index >= 15 is 0 Å². The van der Waals surface area contributed by atoms with Crippen LogP contribution in [0.2, 0.25) is 0 Å². The van der Waals surface area contributed by atoms with E-state index in [4.69, 9.17) is 10.5 Å². The highest BCUT2D eigenvalue weighted by Gasteiger charge is 2.34. The molecule has 0 aromatic heterocycles. The van der Waals surface area contributed by atoms with Gasteiger partial charge in [-0.3, -0.25) is 0 Å². The van der Waals surface area contributed by atoms with Crippen molar-refractivity contribution >= 4 is 12.4 Å². The van der Waals surface area contributed by atoms with Gasteiger partial charge < -0.3 is 15.6 Å². The third kappa shape index (κ3) is 3.97.